The number of ether oxygens (including phenoxy) is 1. The van der Waals surface area contributed by atoms with Crippen molar-refractivity contribution in [2.24, 2.45) is 0 Å². The summed E-state index contributed by atoms with van der Waals surface area (Å²) in [5.74, 6) is 2.56. The molecule has 1 aromatic rings. The van der Waals surface area contributed by atoms with E-state index in [1.807, 2.05) is 0 Å². The number of benzene rings is 1. The highest BCUT2D eigenvalue weighted by atomic mass is 19.2. The Balaban J connectivity index is 2.63. The molecule has 74 valence electrons. The number of halogens is 2. The largest absolute Gasteiger partial charge is 0.478 e. The van der Waals surface area contributed by atoms with Crippen LogP contribution in [0.5, 0.6) is 5.75 Å². The first-order chi connectivity index (χ1) is 6.75. The van der Waals surface area contributed by atoms with Crippen LogP contribution in [-0.4, -0.2) is 18.3 Å². The lowest BCUT2D eigenvalue weighted by atomic mass is 10.3. The van der Waals surface area contributed by atoms with Crippen LogP contribution in [0.25, 0.3) is 0 Å². The second-order valence-corrected chi connectivity index (χ2v) is 2.35. The molecule has 0 bridgehead atoms. The molecule has 0 saturated heterocycles. The average Bonchev–Trinajstić information content (AvgIpc) is 2.19. The zero-order valence-electron chi connectivity index (χ0n) is 7.26. The molecule has 1 rings (SSSR count). The molecule has 0 radical (unpaired) electrons. The van der Waals surface area contributed by atoms with Crippen molar-refractivity contribution < 1.29 is 18.6 Å². The Kier molecular flexibility index (Phi) is 3.89. The fourth-order valence-corrected chi connectivity index (χ4v) is 0.816. The van der Waals surface area contributed by atoms with Crippen molar-refractivity contribution in [1.29, 1.82) is 0 Å². The van der Waals surface area contributed by atoms with Gasteiger partial charge in [-0.15, -0.1) is 0 Å². The summed E-state index contributed by atoms with van der Waals surface area (Å²) in [7, 11) is 0. The van der Waals surface area contributed by atoms with Crippen LogP contribution in [0.1, 0.15) is 0 Å². The first-order valence-electron chi connectivity index (χ1n) is 3.89. The Bertz CT molecular complexity index is 366. The minimum absolute atomic E-state index is 0.0824. The van der Waals surface area contributed by atoms with Gasteiger partial charge in [0.2, 0.25) is 5.82 Å². The molecule has 1 aromatic carbocycles. The molecule has 2 nitrogen and oxygen atoms in total. The number of aliphatic hydroxyl groups is 1. The van der Waals surface area contributed by atoms with E-state index >= 15 is 0 Å². The highest BCUT2D eigenvalue weighted by Crippen LogP contribution is 2.18. The molecular formula is C10H8F2O2. The summed E-state index contributed by atoms with van der Waals surface area (Å²) in [6.45, 7) is -0.365. The Morgan fingerprint density at radius 3 is 2.79 bits per heavy atom. The van der Waals surface area contributed by atoms with Crippen LogP contribution in [-0.2, 0) is 0 Å². The SMILES string of the molecule is OCC#CCOc1cccc(F)c1F. The first-order valence-corrected chi connectivity index (χ1v) is 3.89. The normalized spacial score (nSPS) is 9.07. The van der Waals surface area contributed by atoms with Crippen LogP contribution in [0.15, 0.2) is 18.2 Å². The molecule has 0 unspecified atom stereocenters. The van der Waals surface area contributed by atoms with Crippen molar-refractivity contribution in [2.45, 2.75) is 0 Å². The molecule has 0 fully saturated rings. The number of hydrogen-bond donors (Lipinski definition) is 1. The van der Waals surface area contributed by atoms with Crippen LogP contribution >= 0.6 is 0 Å². The monoisotopic (exact) mass is 198 g/mol. The Morgan fingerprint density at radius 2 is 2.07 bits per heavy atom. The summed E-state index contributed by atoms with van der Waals surface area (Å²) in [4.78, 5) is 0. The third-order valence-electron chi connectivity index (χ3n) is 1.42. The van der Waals surface area contributed by atoms with Crippen molar-refractivity contribution >= 4 is 0 Å². The van der Waals surface area contributed by atoms with Gasteiger partial charge in [0.05, 0.1) is 0 Å². The van der Waals surface area contributed by atoms with Gasteiger partial charge >= 0.3 is 0 Å². The predicted molar refractivity (Wildman–Crippen MR) is 46.7 cm³/mol. The van der Waals surface area contributed by atoms with Gasteiger partial charge in [-0.1, -0.05) is 17.9 Å². The molecule has 0 aromatic heterocycles. The molecule has 1 N–H and O–H groups in total. The highest BCUT2D eigenvalue weighted by molar-refractivity contribution is 5.25. The summed E-state index contributed by atoms with van der Waals surface area (Å²) in [6.07, 6.45) is 0. The lowest BCUT2D eigenvalue weighted by Crippen LogP contribution is -1.98. The van der Waals surface area contributed by atoms with E-state index in [9.17, 15) is 8.78 Å². The minimum atomic E-state index is -1.03. The summed E-state index contributed by atoms with van der Waals surface area (Å²) < 4.78 is 30.4. The van der Waals surface area contributed by atoms with Gasteiger partial charge in [-0.05, 0) is 12.1 Å². The van der Waals surface area contributed by atoms with Gasteiger partial charge in [0.1, 0.15) is 13.2 Å². The smallest absolute Gasteiger partial charge is 0.200 e. The van der Waals surface area contributed by atoms with Gasteiger partial charge in [0.25, 0.3) is 0 Å². The summed E-state index contributed by atoms with van der Waals surface area (Å²) in [5.41, 5.74) is 0. The van der Waals surface area contributed by atoms with E-state index in [1.54, 1.807) is 0 Å². The number of aliphatic hydroxyl groups excluding tert-OH is 1. The summed E-state index contributed by atoms with van der Waals surface area (Å²) >= 11 is 0. The van der Waals surface area contributed by atoms with Crippen molar-refractivity contribution in [1.82, 2.24) is 0 Å². The molecule has 0 amide bonds. The first kappa shape index (κ1) is 10.5. The fraction of sp³-hybridized carbons (Fsp3) is 0.200. The maximum Gasteiger partial charge on any atom is 0.200 e. The Morgan fingerprint density at radius 1 is 1.29 bits per heavy atom. The van der Waals surface area contributed by atoms with E-state index in [0.717, 1.165) is 6.07 Å². The van der Waals surface area contributed by atoms with Crippen LogP contribution in [0.2, 0.25) is 0 Å². The van der Waals surface area contributed by atoms with Crippen molar-refractivity contribution in [3.63, 3.8) is 0 Å². The fourth-order valence-electron chi connectivity index (χ4n) is 0.816. The van der Waals surface area contributed by atoms with Gasteiger partial charge < -0.3 is 9.84 Å². The molecule has 0 saturated carbocycles. The van der Waals surface area contributed by atoms with Gasteiger partial charge in [0.15, 0.2) is 11.6 Å². The van der Waals surface area contributed by atoms with Gasteiger partial charge in [-0.2, -0.15) is 4.39 Å². The van der Waals surface area contributed by atoms with Gasteiger partial charge in [0, 0.05) is 0 Å². The maximum absolute atomic E-state index is 12.9. The lowest BCUT2D eigenvalue weighted by molar-refractivity contribution is 0.335. The van der Waals surface area contributed by atoms with Crippen LogP contribution in [0.4, 0.5) is 8.78 Å². The summed E-state index contributed by atoms with van der Waals surface area (Å²) in [6, 6.07) is 3.65. The standard InChI is InChI=1S/C10H8F2O2/c11-8-4-3-5-9(10(8)12)14-7-2-1-6-13/h3-5,13H,6-7H2. The second kappa shape index (κ2) is 5.20. The Hall–Kier alpha value is -1.60. The number of rotatable bonds is 2. The van der Waals surface area contributed by atoms with Crippen LogP contribution in [0.3, 0.4) is 0 Å². The quantitative estimate of drug-likeness (QED) is 0.726. The van der Waals surface area contributed by atoms with Crippen LogP contribution in [0, 0.1) is 23.5 Å². The van der Waals surface area contributed by atoms with Crippen molar-refractivity contribution in [3.8, 4) is 17.6 Å². The van der Waals surface area contributed by atoms with E-state index in [4.69, 9.17) is 9.84 Å². The van der Waals surface area contributed by atoms with E-state index in [1.165, 1.54) is 12.1 Å². The minimum Gasteiger partial charge on any atom is -0.478 e. The van der Waals surface area contributed by atoms with E-state index in [0.29, 0.717) is 0 Å². The molecule has 0 aliphatic rings. The third kappa shape index (κ3) is 2.71. The zero-order chi connectivity index (χ0) is 10.4. The molecule has 0 aliphatic heterocycles. The Labute approximate surface area is 80.1 Å². The van der Waals surface area contributed by atoms with Crippen LogP contribution < -0.4 is 4.74 Å². The maximum atomic E-state index is 12.9. The van der Waals surface area contributed by atoms with Crippen molar-refractivity contribution in [3.05, 3.63) is 29.8 Å². The molecular weight excluding hydrogens is 190 g/mol. The van der Waals surface area contributed by atoms with E-state index in [-0.39, 0.29) is 19.0 Å². The second-order valence-electron chi connectivity index (χ2n) is 2.35. The number of hydrogen-bond acceptors (Lipinski definition) is 2. The molecule has 0 spiro atoms. The lowest BCUT2D eigenvalue weighted by Gasteiger charge is -2.02. The molecule has 0 atom stereocenters. The summed E-state index contributed by atoms with van der Waals surface area (Å²) in [5, 5.41) is 8.30. The highest BCUT2D eigenvalue weighted by Gasteiger charge is 2.07. The molecule has 0 aliphatic carbocycles. The van der Waals surface area contributed by atoms with Gasteiger partial charge in [-0.3, -0.25) is 0 Å². The zero-order valence-corrected chi connectivity index (χ0v) is 7.26. The average molecular weight is 198 g/mol. The van der Waals surface area contributed by atoms with E-state index in [2.05, 4.69) is 11.8 Å². The van der Waals surface area contributed by atoms with Gasteiger partial charge in [-0.25, -0.2) is 4.39 Å². The van der Waals surface area contributed by atoms with Crippen molar-refractivity contribution in [2.75, 3.05) is 13.2 Å². The predicted octanol–water partition coefficient (Wildman–Crippen LogP) is 1.34. The molecule has 14 heavy (non-hydrogen) atoms. The molecule has 4 heteroatoms. The van der Waals surface area contributed by atoms with E-state index < -0.39 is 11.6 Å². The topological polar surface area (TPSA) is 29.5 Å². The molecule has 0 heterocycles. The third-order valence-corrected chi connectivity index (χ3v) is 1.42.